The highest BCUT2D eigenvalue weighted by Crippen LogP contribution is 2.21. The minimum atomic E-state index is -0.331. The largest absolute Gasteiger partial charge is 0.451 e. The first-order chi connectivity index (χ1) is 10.3. The van der Waals surface area contributed by atoms with E-state index in [2.05, 4.69) is 15.3 Å². The lowest BCUT2D eigenvalue weighted by atomic mass is 10.2. The van der Waals surface area contributed by atoms with Gasteiger partial charge >= 0.3 is 0 Å². The number of anilines is 1. The molecule has 1 amide bonds. The number of nitrogens with one attached hydrogen (secondary N) is 1. The Balaban J connectivity index is 1.80. The van der Waals surface area contributed by atoms with Gasteiger partial charge in [-0.1, -0.05) is 35.4 Å². The zero-order valence-electron chi connectivity index (χ0n) is 10.9. The van der Waals surface area contributed by atoms with Gasteiger partial charge in [-0.15, -0.1) is 0 Å². The van der Waals surface area contributed by atoms with Gasteiger partial charge in [0.2, 0.25) is 0 Å². The number of carbonyl (C=O) groups is 1. The van der Waals surface area contributed by atoms with Crippen LogP contribution in [0.15, 0.2) is 64.1 Å². The lowest BCUT2D eigenvalue weighted by Crippen LogP contribution is -2.10. The van der Waals surface area contributed by atoms with Gasteiger partial charge in [0.05, 0.1) is 0 Å². The number of hydrogen-bond acceptors (Lipinski definition) is 3. The normalized spacial score (nSPS) is 10.1. The zero-order valence-corrected chi connectivity index (χ0v) is 10.9. The molecule has 2 aromatic carbocycles. The Morgan fingerprint density at radius 1 is 1.14 bits per heavy atom. The second kappa shape index (κ2) is 5.40. The van der Waals surface area contributed by atoms with Crippen molar-refractivity contribution < 1.29 is 9.21 Å². The fourth-order valence-electron chi connectivity index (χ4n) is 1.95. The van der Waals surface area contributed by atoms with E-state index in [-0.39, 0.29) is 11.7 Å². The number of para-hydroxylation sites is 1. The van der Waals surface area contributed by atoms with Crippen molar-refractivity contribution >= 4 is 28.3 Å². The van der Waals surface area contributed by atoms with E-state index in [0.29, 0.717) is 17.0 Å². The van der Waals surface area contributed by atoms with Crippen molar-refractivity contribution in [1.82, 2.24) is 0 Å². The monoisotopic (exact) mass is 278 g/mol. The molecule has 3 aromatic rings. The maximum Gasteiger partial charge on any atom is 0.291 e. The summed E-state index contributed by atoms with van der Waals surface area (Å²) in [5, 5.41) is 7.06. The molecule has 0 aliphatic heterocycles. The summed E-state index contributed by atoms with van der Waals surface area (Å²) in [6.07, 6.45) is 0. The van der Waals surface area contributed by atoms with Gasteiger partial charge in [0, 0.05) is 21.7 Å². The van der Waals surface area contributed by atoms with E-state index < -0.39 is 0 Å². The topological polar surface area (TPSA) is 91.0 Å². The molecule has 0 unspecified atom stereocenters. The third kappa shape index (κ3) is 2.70. The predicted octanol–water partition coefficient (Wildman–Crippen LogP) is 4.63. The highest BCUT2D eigenvalue weighted by Gasteiger charge is 2.12. The quantitative estimate of drug-likeness (QED) is 0.430. The van der Waals surface area contributed by atoms with E-state index in [9.17, 15) is 4.79 Å². The number of hydrogen-bond donors (Lipinski definition) is 1. The molecule has 0 radical (unpaired) electrons. The van der Waals surface area contributed by atoms with Crippen LogP contribution in [0.4, 0.5) is 11.4 Å². The lowest BCUT2D eigenvalue weighted by molar-refractivity contribution is 0.0998. The van der Waals surface area contributed by atoms with E-state index in [1.807, 2.05) is 18.2 Å². The number of fused-ring (bicyclic) bond motifs is 1. The maximum absolute atomic E-state index is 12.1. The molecule has 0 bridgehead atoms. The smallest absolute Gasteiger partial charge is 0.291 e. The van der Waals surface area contributed by atoms with Gasteiger partial charge in [-0.2, -0.15) is 0 Å². The molecule has 6 nitrogen and oxygen atoms in total. The molecule has 1 aromatic heterocycles. The number of nitrogens with zero attached hydrogens (tertiary/aromatic N) is 3. The summed E-state index contributed by atoms with van der Waals surface area (Å²) in [5.74, 6) is -0.0851. The van der Waals surface area contributed by atoms with E-state index in [4.69, 9.17) is 9.95 Å². The van der Waals surface area contributed by atoms with Crippen molar-refractivity contribution in [3.8, 4) is 0 Å². The van der Waals surface area contributed by atoms with E-state index in [1.165, 1.54) is 0 Å². The molecule has 0 saturated heterocycles. The molecule has 3 rings (SSSR count). The molecule has 21 heavy (non-hydrogen) atoms. The van der Waals surface area contributed by atoms with Crippen LogP contribution in [0.5, 0.6) is 0 Å². The van der Waals surface area contributed by atoms with Crippen LogP contribution < -0.4 is 5.32 Å². The number of amides is 1. The van der Waals surface area contributed by atoms with Crippen molar-refractivity contribution in [2.24, 2.45) is 5.11 Å². The molecular formula is C15H10N4O2. The zero-order chi connectivity index (χ0) is 14.7. The molecule has 0 fully saturated rings. The molecule has 0 atom stereocenters. The molecule has 6 heteroatoms. The van der Waals surface area contributed by atoms with Crippen LogP contribution in [0.25, 0.3) is 21.4 Å². The highest BCUT2D eigenvalue weighted by atomic mass is 16.3. The first-order valence-electron chi connectivity index (χ1n) is 6.21. The van der Waals surface area contributed by atoms with Gasteiger partial charge in [0.1, 0.15) is 5.58 Å². The first-order valence-corrected chi connectivity index (χ1v) is 6.21. The van der Waals surface area contributed by atoms with E-state index in [1.54, 1.807) is 36.4 Å². The summed E-state index contributed by atoms with van der Waals surface area (Å²) in [7, 11) is 0. The Kier molecular flexibility index (Phi) is 3.29. The fraction of sp³-hybridized carbons (Fsp3) is 0. The summed E-state index contributed by atoms with van der Waals surface area (Å²) in [4.78, 5) is 14.8. The number of azide groups is 1. The molecule has 1 N–H and O–H groups in total. The van der Waals surface area contributed by atoms with Crippen LogP contribution in [0, 0.1) is 0 Å². The Morgan fingerprint density at radius 3 is 2.62 bits per heavy atom. The standard InChI is InChI=1S/C15H10N4O2/c16-19-18-12-7-5-11(6-8-12)17-15(20)14-9-10-3-1-2-4-13(10)21-14/h1-9H,(H,17,20). The molecule has 0 spiro atoms. The minimum absolute atomic E-state index is 0.246. The summed E-state index contributed by atoms with van der Waals surface area (Å²) >= 11 is 0. The second-order valence-electron chi connectivity index (χ2n) is 4.34. The Bertz CT molecular complexity index is 812. The Labute approximate surface area is 119 Å². The molecule has 0 saturated carbocycles. The SMILES string of the molecule is [N-]=[N+]=Nc1ccc(NC(=O)c2cc3ccccc3o2)cc1. The minimum Gasteiger partial charge on any atom is -0.451 e. The summed E-state index contributed by atoms with van der Waals surface area (Å²) < 4.78 is 5.49. The Hall–Kier alpha value is -3.24. The molecule has 0 aliphatic rings. The van der Waals surface area contributed by atoms with Gasteiger partial charge in [-0.05, 0) is 29.8 Å². The summed E-state index contributed by atoms with van der Waals surface area (Å²) in [6, 6.07) is 15.7. The van der Waals surface area contributed by atoms with Gasteiger partial charge in [-0.25, -0.2) is 0 Å². The molecule has 0 aliphatic carbocycles. The number of furan rings is 1. The van der Waals surface area contributed by atoms with Crippen molar-refractivity contribution in [1.29, 1.82) is 0 Å². The van der Waals surface area contributed by atoms with E-state index in [0.717, 1.165) is 5.39 Å². The van der Waals surface area contributed by atoms with Crippen LogP contribution in [0.1, 0.15) is 10.6 Å². The van der Waals surface area contributed by atoms with Crippen LogP contribution in [-0.4, -0.2) is 5.91 Å². The molecule has 1 heterocycles. The van der Waals surface area contributed by atoms with Crippen molar-refractivity contribution in [3.05, 3.63) is 70.8 Å². The Morgan fingerprint density at radius 2 is 1.90 bits per heavy atom. The van der Waals surface area contributed by atoms with Crippen molar-refractivity contribution in [2.75, 3.05) is 5.32 Å². The second-order valence-corrected chi connectivity index (χ2v) is 4.34. The number of benzene rings is 2. The third-order valence-corrected chi connectivity index (χ3v) is 2.93. The first kappa shape index (κ1) is 12.8. The lowest BCUT2D eigenvalue weighted by Gasteiger charge is -2.02. The fourth-order valence-corrected chi connectivity index (χ4v) is 1.95. The van der Waals surface area contributed by atoms with Gasteiger partial charge in [-0.3, -0.25) is 4.79 Å². The van der Waals surface area contributed by atoms with Crippen LogP contribution in [0.2, 0.25) is 0 Å². The average molecular weight is 278 g/mol. The van der Waals surface area contributed by atoms with E-state index >= 15 is 0 Å². The van der Waals surface area contributed by atoms with Crippen molar-refractivity contribution in [2.45, 2.75) is 0 Å². The van der Waals surface area contributed by atoms with Crippen LogP contribution in [0.3, 0.4) is 0 Å². The highest BCUT2D eigenvalue weighted by molar-refractivity contribution is 6.04. The van der Waals surface area contributed by atoms with Crippen molar-refractivity contribution in [3.63, 3.8) is 0 Å². The average Bonchev–Trinajstić information content (AvgIpc) is 2.94. The summed E-state index contributed by atoms with van der Waals surface area (Å²) in [5.41, 5.74) is 10.1. The van der Waals surface area contributed by atoms with Crippen LogP contribution in [-0.2, 0) is 0 Å². The maximum atomic E-state index is 12.1. The number of carbonyl (C=O) groups excluding carboxylic acids is 1. The molecule has 102 valence electrons. The van der Waals surface area contributed by atoms with Crippen LogP contribution >= 0.6 is 0 Å². The third-order valence-electron chi connectivity index (χ3n) is 2.93. The van der Waals surface area contributed by atoms with Gasteiger partial charge in [0.15, 0.2) is 5.76 Å². The number of rotatable bonds is 3. The van der Waals surface area contributed by atoms with Gasteiger partial charge in [0.25, 0.3) is 5.91 Å². The predicted molar refractivity (Wildman–Crippen MR) is 79.4 cm³/mol. The summed E-state index contributed by atoms with van der Waals surface area (Å²) in [6.45, 7) is 0. The van der Waals surface area contributed by atoms with Gasteiger partial charge < -0.3 is 9.73 Å². The molecular weight excluding hydrogens is 268 g/mol.